The Morgan fingerprint density at radius 3 is 2.48 bits per heavy atom. The number of benzene rings is 2. The van der Waals surface area contributed by atoms with E-state index < -0.39 is 27.1 Å². The third-order valence-corrected chi connectivity index (χ3v) is 4.98. The fraction of sp³-hybridized carbons (Fsp3) is 0.235. The van der Waals surface area contributed by atoms with E-state index in [1.807, 2.05) is 6.07 Å². The minimum absolute atomic E-state index is 0.0221. The molecule has 1 N–H and O–H groups in total. The van der Waals surface area contributed by atoms with Gasteiger partial charge in [-0.3, -0.25) is 0 Å². The normalized spacial score (nSPS) is 13.7. The highest BCUT2D eigenvalue weighted by molar-refractivity contribution is 7.88. The van der Waals surface area contributed by atoms with Gasteiger partial charge in [-0.1, -0.05) is 29.8 Å². The van der Waals surface area contributed by atoms with Crippen LogP contribution in [0.1, 0.15) is 12.5 Å². The Hall–Kier alpha value is -2.14. The molecule has 2 aromatic carbocycles. The third-order valence-electron chi connectivity index (χ3n) is 3.27. The number of rotatable bonds is 7. The van der Waals surface area contributed by atoms with E-state index in [-0.39, 0.29) is 12.2 Å². The largest absolute Gasteiger partial charge is 0.491 e. The summed E-state index contributed by atoms with van der Waals surface area (Å²) >= 11 is 5.78. The number of nitriles is 1. The molecule has 0 heterocycles. The molecular weight excluding hydrogens is 367 g/mol. The molecule has 1 unspecified atom stereocenters. The van der Waals surface area contributed by atoms with Gasteiger partial charge in [-0.05, 0) is 37.3 Å². The van der Waals surface area contributed by atoms with Crippen molar-refractivity contribution >= 4 is 21.6 Å². The van der Waals surface area contributed by atoms with Gasteiger partial charge in [-0.15, -0.1) is 0 Å². The molecule has 8 heteroatoms. The van der Waals surface area contributed by atoms with Gasteiger partial charge in [0, 0.05) is 10.6 Å². The lowest BCUT2D eigenvalue weighted by Gasteiger charge is -2.23. The summed E-state index contributed by atoms with van der Waals surface area (Å²) < 4.78 is 45.9. The van der Waals surface area contributed by atoms with E-state index in [1.54, 1.807) is 30.3 Å². The van der Waals surface area contributed by atoms with Crippen molar-refractivity contribution in [1.29, 1.82) is 5.26 Å². The Balaban J connectivity index is 2.07. The van der Waals surface area contributed by atoms with Crippen molar-refractivity contribution in [3.05, 3.63) is 64.9 Å². The average molecular weight is 383 g/mol. The first-order valence-corrected chi connectivity index (χ1v) is 9.31. The molecule has 0 fully saturated rings. The number of ether oxygens (including phenoxy) is 1. The molecule has 0 aromatic heterocycles. The van der Waals surface area contributed by atoms with Crippen LogP contribution in [0.4, 0.5) is 4.39 Å². The minimum Gasteiger partial charge on any atom is -0.491 e. The lowest BCUT2D eigenvalue weighted by atomic mass is 10.1. The highest BCUT2D eigenvalue weighted by Crippen LogP contribution is 2.18. The number of nitrogens with zero attached hydrogens (tertiary/aromatic N) is 1. The van der Waals surface area contributed by atoms with Gasteiger partial charge in [0.15, 0.2) is 5.54 Å². The lowest BCUT2D eigenvalue weighted by molar-refractivity contribution is 0.252. The molecule has 0 aliphatic heterocycles. The van der Waals surface area contributed by atoms with E-state index in [0.717, 1.165) is 0 Å². The fourth-order valence-corrected chi connectivity index (χ4v) is 3.68. The van der Waals surface area contributed by atoms with E-state index >= 15 is 0 Å². The second-order valence-electron chi connectivity index (χ2n) is 5.64. The molecule has 25 heavy (non-hydrogen) atoms. The van der Waals surface area contributed by atoms with Gasteiger partial charge in [0.25, 0.3) is 0 Å². The van der Waals surface area contributed by atoms with E-state index in [1.165, 1.54) is 25.1 Å². The Labute approximate surface area is 151 Å². The van der Waals surface area contributed by atoms with Crippen LogP contribution in [0.2, 0.25) is 5.02 Å². The number of halogens is 2. The average Bonchev–Trinajstić information content (AvgIpc) is 2.56. The van der Waals surface area contributed by atoms with Crippen LogP contribution in [-0.2, 0) is 15.8 Å². The van der Waals surface area contributed by atoms with E-state index in [2.05, 4.69) is 4.72 Å². The van der Waals surface area contributed by atoms with Crippen LogP contribution in [0.5, 0.6) is 5.75 Å². The SMILES string of the molecule is CC(C#N)(COc1ccc(Cl)cc1)NS(=O)(=O)Cc1ccccc1F. The smallest absolute Gasteiger partial charge is 0.217 e. The molecule has 0 saturated heterocycles. The summed E-state index contributed by atoms with van der Waals surface area (Å²) in [6.45, 7) is 1.17. The first-order chi connectivity index (χ1) is 11.7. The first-order valence-electron chi connectivity index (χ1n) is 7.28. The van der Waals surface area contributed by atoms with Gasteiger partial charge in [0.05, 0.1) is 11.8 Å². The predicted molar refractivity (Wildman–Crippen MR) is 93.1 cm³/mol. The summed E-state index contributed by atoms with van der Waals surface area (Å²) in [6, 6.07) is 13.9. The molecule has 0 saturated carbocycles. The zero-order valence-corrected chi connectivity index (χ0v) is 14.9. The van der Waals surface area contributed by atoms with E-state index in [9.17, 15) is 18.1 Å². The maximum absolute atomic E-state index is 13.6. The maximum Gasteiger partial charge on any atom is 0.217 e. The maximum atomic E-state index is 13.6. The van der Waals surface area contributed by atoms with Crippen molar-refractivity contribution in [2.75, 3.05) is 6.61 Å². The fourth-order valence-electron chi connectivity index (χ4n) is 2.04. The van der Waals surface area contributed by atoms with Crippen LogP contribution >= 0.6 is 11.6 Å². The topological polar surface area (TPSA) is 79.2 Å². The van der Waals surface area contributed by atoms with Crippen molar-refractivity contribution in [3.63, 3.8) is 0 Å². The molecule has 0 aliphatic rings. The van der Waals surface area contributed by atoms with Crippen LogP contribution in [-0.4, -0.2) is 20.6 Å². The van der Waals surface area contributed by atoms with Crippen molar-refractivity contribution < 1.29 is 17.5 Å². The van der Waals surface area contributed by atoms with Gasteiger partial charge in [0.1, 0.15) is 18.2 Å². The van der Waals surface area contributed by atoms with Crippen molar-refractivity contribution in [3.8, 4) is 11.8 Å². The molecule has 0 amide bonds. The van der Waals surface area contributed by atoms with Gasteiger partial charge in [-0.25, -0.2) is 12.8 Å². The molecular formula is C17H16ClFN2O3S. The molecule has 0 spiro atoms. The number of hydrogen-bond donors (Lipinski definition) is 1. The zero-order chi connectivity index (χ0) is 18.5. The van der Waals surface area contributed by atoms with Gasteiger partial charge in [0.2, 0.25) is 10.0 Å². The third kappa shape index (κ3) is 5.71. The molecule has 1 atom stereocenters. The van der Waals surface area contributed by atoms with E-state index in [0.29, 0.717) is 10.8 Å². The lowest BCUT2D eigenvalue weighted by Crippen LogP contribution is -2.49. The Bertz CT molecular complexity index is 882. The van der Waals surface area contributed by atoms with Crippen LogP contribution in [0.15, 0.2) is 48.5 Å². The molecule has 0 aliphatic carbocycles. The van der Waals surface area contributed by atoms with Crippen molar-refractivity contribution in [1.82, 2.24) is 4.72 Å². The van der Waals surface area contributed by atoms with Crippen LogP contribution < -0.4 is 9.46 Å². The molecule has 5 nitrogen and oxygen atoms in total. The Morgan fingerprint density at radius 2 is 1.88 bits per heavy atom. The minimum atomic E-state index is -3.95. The highest BCUT2D eigenvalue weighted by atomic mass is 35.5. The second-order valence-corrected chi connectivity index (χ2v) is 7.80. The van der Waals surface area contributed by atoms with Gasteiger partial charge >= 0.3 is 0 Å². The summed E-state index contributed by atoms with van der Waals surface area (Å²) in [5.74, 6) is -0.749. The van der Waals surface area contributed by atoms with E-state index in [4.69, 9.17) is 16.3 Å². The molecule has 0 bridgehead atoms. The molecule has 0 radical (unpaired) electrons. The predicted octanol–water partition coefficient (Wildman–Crippen LogP) is 3.26. The second kappa shape index (κ2) is 7.83. The summed E-state index contributed by atoms with van der Waals surface area (Å²) in [5, 5.41) is 9.87. The molecule has 2 aromatic rings. The molecule has 132 valence electrons. The van der Waals surface area contributed by atoms with Crippen molar-refractivity contribution in [2.45, 2.75) is 18.2 Å². The quantitative estimate of drug-likeness (QED) is 0.797. The summed E-state index contributed by atoms with van der Waals surface area (Å²) in [7, 11) is -3.95. The van der Waals surface area contributed by atoms with Crippen LogP contribution in [0, 0.1) is 17.1 Å². The van der Waals surface area contributed by atoms with Crippen LogP contribution in [0.25, 0.3) is 0 Å². The number of hydrogen-bond acceptors (Lipinski definition) is 4. The Kier molecular flexibility index (Phi) is 6.01. The van der Waals surface area contributed by atoms with Gasteiger partial charge in [-0.2, -0.15) is 9.98 Å². The zero-order valence-electron chi connectivity index (χ0n) is 13.4. The summed E-state index contributed by atoms with van der Waals surface area (Å²) in [5.41, 5.74) is -1.49. The van der Waals surface area contributed by atoms with Crippen LogP contribution in [0.3, 0.4) is 0 Å². The monoisotopic (exact) mass is 382 g/mol. The Morgan fingerprint density at radius 1 is 1.24 bits per heavy atom. The summed E-state index contributed by atoms with van der Waals surface area (Å²) in [4.78, 5) is 0. The first kappa shape index (κ1) is 19.2. The summed E-state index contributed by atoms with van der Waals surface area (Å²) in [6.07, 6.45) is 0. The van der Waals surface area contributed by atoms with Gasteiger partial charge < -0.3 is 4.74 Å². The molecule has 2 rings (SSSR count). The number of nitrogens with one attached hydrogen (secondary N) is 1. The van der Waals surface area contributed by atoms with Crippen molar-refractivity contribution in [2.24, 2.45) is 0 Å². The standard InChI is InChI=1S/C17H16ClFN2O3S/c1-17(11-20,12-24-15-8-6-14(18)7-9-15)21-25(22,23)10-13-4-2-3-5-16(13)19/h2-9,21H,10,12H2,1H3. The highest BCUT2D eigenvalue weighted by Gasteiger charge is 2.31. The number of sulfonamides is 1.